The van der Waals surface area contributed by atoms with E-state index in [0.29, 0.717) is 18.0 Å². The molecule has 3 rings (SSSR count). The van der Waals surface area contributed by atoms with Gasteiger partial charge in [-0.05, 0) is 36.8 Å². The molecule has 0 aliphatic heterocycles. The number of hydrogen-bond donors (Lipinski definition) is 2. The Balaban J connectivity index is 1.47. The summed E-state index contributed by atoms with van der Waals surface area (Å²) in [5.74, 6) is 1.87. The summed E-state index contributed by atoms with van der Waals surface area (Å²) >= 11 is 1.74. The van der Waals surface area contributed by atoms with Crippen LogP contribution in [0.3, 0.4) is 0 Å². The molecule has 0 fully saturated rings. The van der Waals surface area contributed by atoms with Gasteiger partial charge >= 0.3 is 0 Å². The van der Waals surface area contributed by atoms with Gasteiger partial charge in [0, 0.05) is 18.1 Å². The summed E-state index contributed by atoms with van der Waals surface area (Å²) in [6, 6.07) is 15.1. The third-order valence-electron chi connectivity index (χ3n) is 3.86. The number of amides is 1. The zero-order chi connectivity index (χ0) is 18.4. The number of hydrogen-bond acceptors (Lipinski definition) is 4. The monoisotopic (exact) mass is 368 g/mol. The number of aromatic amines is 1. The molecule has 1 amide bonds. The molecule has 2 heterocycles. The zero-order valence-electron chi connectivity index (χ0n) is 14.5. The maximum absolute atomic E-state index is 12.2. The number of aromatic nitrogens is 1. The topological polar surface area (TPSA) is 75.1 Å². The van der Waals surface area contributed by atoms with Crippen molar-refractivity contribution in [3.63, 3.8) is 0 Å². The van der Waals surface area contributed by atoms with Crippen LogP contribution in [0, 0.1) is 6.92 Å². The highest BCUT2D eigenvalue weighted by atomic mass is 32.2. The minimum absolute atomic E-state index is 0.101. The summed E-state index contributed by atoms with van der Waals surface area (Å²) in [6.07, 6.45) is 1.53. The van der Waals surface area contributed by atoms with E-state index in [9.17, 15) is 9.59 Å². The van der Waals surface area contributed by atoms with E-state index in [-0.39, 0.29) is 11.5 Å². The molecule has 0 atom stereocenters. The number of furan rings is 1. The SMILES string of the molecule is Cc1ccc(CSCCNC(=O)c2ccc(-c3ccco3)[nH]c2=O)cc1. The fourth-order valence-corrected chi connectivity index (χ4v) is 3.25. The number of pyridine rings is 1. The molecule has 26 heavy (non-hydrogen) atoms. The molecule has 3 aromatic rings. The highest BCUT2D eigenvalue weighted by molar-refractivity contribution is 7.98. The van der Waals surface area contributed by atoms with Crippen LogP contribution in [-0.4, -0.2) is 23.2 Å². The molecule has 0 aliphatic rings. The predicted octanol–water partition coefficient (Wildman–Crippen LogP) is 3.61. The first-order valence-electron chi connectivity index (χ1n) is 8.32. The third kappa shape index (κ3) is 4.67. The standard InChI is InChI=1S/C20H20N2O3S/c1-14-4-6-15(7-5-14)13-26-12-10-21-19(23)16-8-9-17(22-20(16)24)18-3-2-11-25-18/h2-9,11H,10,12-13H2,1H3,(H,21,23)(H,22,24). The van der Waals surface area contributed by atoms with Crippen LogP contribution in [0.4, 0.5) is 0 Å². The van der Waals surface area contributed by atoms with Gasteiger partial charge in [-0.2, -0.15) is 11.8 Å². The summed E-state index contributed by atoms with van der Waals surface area (Å²) in [5.41, 5.74) is 2.73. The van der Waals surface area contributed by atoms with E-state index in [0.717, 1.165) is 11.5 Å². The minimum atomic E-state index is -0.427. The van der Waals surface area contributed by atoms with Gasteiger partial charge in [0.05, 0.1) is 12.0 Å². The van der Waals surface area contributed by atoms with E-state index in [2.05, 4.69) is 41.5 Å². The van der Waals surface area contributed by atoms with Crippen LogP contribution >= 0.6 is 11.8 Å². The Morgan fingerprint density at radius 1 is 1.15 bits per heavy atom. The van der Waals surface area contributed by atoms with E-state index in [1.165, 1.54) is 23.5 Å². The smallest absolute Gasteiger partial charge is 0.261 e. The Kier molecular flexibility index (Phi) is 5.96. The summed E-state index contributed by atoms with van der Waals surface area (Å²) in [4.78, 5) is 27.0. The second-order valence-electron chi connectivity index (χ2n) is 5.89. The first-order valence-corrected chi connectivity index (χ1v) is 9.47. The molecule has 0 aliphatic carbocycles. The van der Waals surface area contributed by atoms with Crippen LogP contribution in [-0.2, 0) is 5.75 Å². The van der Waals surface area contributed by atoms with E-state index in [1.54, 1.807) is 30.0 Å². The Hall–Kier alpha value is -2.73. The molecule has 0 saturated heterocycles. The summed E-state index contributed by atoms with van der Waals surface area (Å²) in [6.45, 7) is 2.57. The molecule has 6 heteroatoms. The van der Waals surface area contributed by atoms with Crippen LogP contribution in [0.15, 0.2) is 64.0 Å². The second kappa shape index (κ2) is 8.58. The quantitative estimate of drug-likeness (QED) is 0.625. The van der Waals surface area contributed by atoms with Crippen molar-refractivity contribution >= 4 is 17.7 Å². The van der Waals surface area contributed by atoms with Gasteiger partial charge in [0.15, 0.2) is 0 Å². The number of carbonyl (C=O) groups is 1. The van der Waals surface area contributed by atoms with Gasteiger partial charge in [0.25, 0.3) is 11.5 Å². The Morgan fingerprint density at radius 2 is 1.96 bits per heavy atom. The number of carbonyl (C=O) groups excluding carboxylic acids is 1. The molecule has 134 valence electrons. The van der Waals surface area contributed by atoms with Crippen molar-refractivity contribution in [2.24, 2.45) is 0 Å². The molecular weight excluding hydrogens is 348 g/mol. The van der Waals surface area contributed by atoms with Gasteiger partial charge < -0.3 is 14.7 Å². The number of H-pyrrole nitrogens is 1. The van der Waals surface area contributed by atoms with Gasteiger partial charge in [0.2, 0.25) is 0 Å². The lowest BCUT2D eigenvalue weighted by Crippen LogP contribution is -2.31. The fraction of sp³-hybridized carbons (Fsp3) is 0.200. The van der Waals surface area contributed by atoms with Crippen molar-refractivity contribution in [1.29, 1.82) is 0 Å². The van der Waals surface area contributed by atoms with E-state index in [1.807, 2.05) is 0 Å². The average molecular weight is 368 g/mol. The lowest BCUT2D eigenvalue weighted by Gasteiger charge is -2.06. The number of thioether (sulfide) groups is 1. The maximum atomic E-state index is 12.2. The number of rotatable bonds is 7. The van der Waals surface area contributed by atoms with E-state index >= 15 is 0 Å². The predicted molar refractivity (Wildman–Crippen MR) is 104 cm³/mol. The number of benzene rings is 1. The van der Waals surface area contributed by atoms with Gasteiger partial charge in [-0.1, -0.05) is 29.8 Å². The Labute approximate surface area is 155 Å². The molecule has 1 aromatic carbocycles. The van der Waals surface area contributed by atoms with Crippen molar-refractivity contribution < 1.29 is 9.21 Å². The lowest BCUT2D eigenvalue weighted by atomic mass is 10.2. The van der Waals surface area contributed by atoms with Crippen LogP contribution in [0.25, 0.3) is 11.5 Å². The van der Waals surface area contributed by atoms with Crippen LogP contribution in [0.1, 0.15) is 21.5 Å². The maximum Gasteiger partial charge on any atom is 0.261 e. The average Bonchev–Trinajstić information content (AvgIpc) is 3.17. The van der Waals surface area contributed by atoms with Gasteiger partial charge in [0.1, 0.15) is 11.3 Å². The van der Waals surface area contributed by atoms with Gasteiger partial charge in [-0.3, -0.25) is 9.59 Å². The van der Waals surface area contributed by atoms with Crippen LogP contribution in [0.2, 0.25) is 0 Å². The Morgan fingerprint density at radius 3 is 2.65 bits per heavy atom. The zero-order valence-corrected chi connectivity index (χ0v) is 15.3. The highest BCUT2D eigenvalue weighted by Crippen LogP contribution is 2.15. The molecule has 0 spiro atoms. The summed E-state index contributed by atoms with van der Waals surface area (Å²) in [7, 11) is 0. The molecule has 5 nitrogen and oxygen atoms in total. The number of nitrogens with one attached hydrogen (secondary N) is 2. The van der Waals surface area contributed by atoms with Crippen molar-refractivity contribution in [3.05, 3.63) is 81.8 Å². The van der Waals surface area contributed by atoms with Crippen molar-refractivity contribution in [1.82, 2.24) is 10.3 Å². The molecule has 0 radical (unpaired) electrons. The molecular formula is C20H20N2O3S. The van der Waals surface area contributed by atoms with Crippen molar-refractivity contribution in [3.8, 4) is 11.5 Å². The van der Waals surface area contributed by atoms with E-state index < -0.39 is 5.56 Å². The van der Waals surface area contributed by atoms with Crippen molar-refractivity contribution in [2.75, 3.05) is 12.3 Å². The molecule has 2 N–H and O–H groups in total. The molecule has 0 bridgehead atoms. The second-order valence-corrected chi connectivity index (χ2v) is 6.99. The van der Waals surface area contributed by atoms with Gasteiger partial charge in [-0.15, -0.1) is 0 Å². The van der Waals surface area contributed by atoms with Crippen LogP contribution < -0.4 is 10.9 Å². The molecule has 0 saturated carbocycles. The summed E-state index contributed by atoms with van der Waals surface area (Å²) < 4.78 is 5.24. The molecule has 2 aromatic heterocycles. The first kappa shape index (κ1) is 18.1. The van der Waals surface area contributed by atoms with Crippen molar-refractivity contribution in [2.45, 2.75) is 12.7 Å². The fourth-order valence-electron chi connectivity index (χ4n) is 2.43. The third-order valence-corrected chi connectivity index (χ3v) is 4.89. The van der Waals surface area contributed by atoms with E-state index in [4.69, 9.17) is 4.42 Å². The first-order chi connectivity index (χ1) is 12.6. The highest BCUT2D eigenvalue weighted by Gasteiger charge is 2.11. The lowest BCUT2D eigenvalue weighted by molar-refractivity contribution is 0.0954. The van der Waals surface area contributed by atoms with Gasteiger partial charge in [-0.25, -0.2) is 0 Å². The minimum Gasteiger partial charge on any atom is -0.463 e. The summed E-state index contributed by atoms with van der Waals surface area (Å²) in [5, 5.41) is 2.79. The van der Waals surface area contributed by atoms with Crippen LogP contribution in [0.5, 0.6) is 0 Å². The normalized spacial score (nSPS) is 10.7. The molecule has 0 unspecified atom stereocenters. The largest absolute Gasteiger partial charge is 0.463 e. The number of aryl methyl sites for hydroxylation is 1. The Bertz CT molecular complexity index is 915.